The summed E-state index contributed by atoms with van der Waals surface area (Å²) in [6.45, 7) is 1.41. The van der Waals surface area contributed by atoms with Crippen molar-refractivity contribution in [1.82, 2.24) is 25.0 Å². The first-order valence-electron chi connectivity index (χ1n) is 8.73. The second kappa shape index (κ2) is 8.72. The number of ether oxygens (including phenoxy) is 2. The zero-order valence-corrected chi connectivity index (χ0v) is 16.3. The van der Waals surface area contributed by atoms with Crippen molar-refractivity contribution in [3.05, 3.63) is 59.2 Å². The summed E-state index contributed by atoms with van der Waals surface area (Å²) in [5, 5.41) is 7.89. The molecule has 0 fully saturated rings. The van der Waals surface area contributed by atoms with Crippen molar-refractivity contribution < 1.29 is 27.8 Å². The molecule has 0 spiro atoms. The number of aromatic nitrogens is 5. The number of carbonyl (C=O) groups excluding carboxylic acids is 2. The van der Waals surface area contributed by atoms with Gasteiger partial charge in [0.05, 0.1) is 42.2 Å². The van der Waals surface area contributed by atoms with E-state index >= 15 is 0 Å². The third kappa shape index (κ3) is 4.45. The molecule has 9 nitrogen and oxygen atoms in total. The summed E-state index contributed by atoms with van der Waals surface area (Å²) in [4.78, 5) is 31.4. The number of methoxy groups -OCH3 is 1. The molecular weight excluding hydrogens is 400 g/mol. The summed E-state index contributed by atoms with van der Waals surface area (Å²) < 4.78 is 38.3. The lowest BCUT2D eigenvalue weighted by atomic mass is 10.1. The van der Waals surface area contributed by atoms with Gasteiger partial charge in [-0.15, -0.1) is 5.10 Å². The summed E-state index contributed by atoms with van der Waals surface area (Å²) in [7, 11) is 2.84. The minimum absolute atomic E-state index is 0.174. The number of nitrogens with zero attached hydrogens (tertiary/aromatic N) is 5. The molecule has 3 aromatic heterocycles. The molecular formula is C19H17F2N5O4. The topological polar surface area (TPSA) is 109 Å². The molecule has 3 aromatic rings. The fourth-order valence-electron chi connectivity index (χ4n) is 2.71. The molecule has 0 aromatic carbocycles. The van der Waals surface area contributed by atoms with Gasteiger partial charge in [0.1, 0.15) is 17.6 Å². The maximum absolute atomic E-state index is 13.8. The highest BCUT2D eigenvalue weighted by Crippen LogP contribution is 2.23. The van der Waals surface area contributed by atoms with E-state index in [0.29, 0.717) is 17.1 Å². The van der Waals surface area contributed by atoms with Gasteiger partial charge in [-0.3, -0.25) is 14.5 Å². The Morgan fingerprint density at radius 3 is 2.63 bits per heavy atom. The third-order valence-corrected chi connectivity index (χ3v) is 4.26. The lowest BCUT2D eigenvalue weighted by molar-refractivity contribution is -0.148. The molecule has 3 heterocycles. The smallest absolute Gasteiger partial charge is 0.339 e. The molecule has 0 saturated carbocycles. The lowest BCUT2D eigenvalue weighted by Crippen LogP contribution is -2.15. The van der Waals surface area contributed by atoms with Crippen LogP contribution in [0.3, 0.4) is 0 Å². The minimum Gasteiger partial charge on any atom is -0.465 e. The Morgan fingerprint density at radius 1 is 1.20 bits per heavy atom. The van der Waals surface area contributed by atoms with E-state index < -0.39 is 29.8 Å². The maximum Gasteiger partial charge on any atom is 0.339 e. The van der Waals surface area contributed by atoms with Crippen LogP contribution in [0.5, 0.6) is 0 Å². The van der Waals surface area contributed by atoms with E-state index in [9.17, 15) is 18.4 Å². The molecule has 0 radical (unpaired) electrons. The molecule has 0 aliphatic rings. The molecule has 0 N–H and O–H groups in total. The van der Waals surface area contributed by atoms with Gasteiger partial charge in [0.2, 0.25) is 5.95 Å². The minimum atomic E-state index is -1.05. The van der Waals surface area contributed by atoms with Crippen LogP contribution in [0, 0.1) is 11.8 Å². The van der Waals surface area contributed by atoms with Gasteiger partial charge < -0.3 is 9.47 Å². The van der Waals surface area contributed by atoms with Crippen molar-refractivity contribution in [3.63, 3.8) is 0 Å². The molecule has 1 atom stereocenters. The molecule has 30 heavy (non-hydrogen) atoms. The second-order valence-electron chi connectivity index (χ2n) is 6.27. The molecule has 0 aliphatic heterocycles. The summed E-state index contributed by atoms with van der Waals surface area (Å²) in [5.74, 6) is -2.91. The summed E-state index contributed by atoms with van der Waals surface area (Å²) in [5.41, 5.74) is 1.17. The Bertz CT molecular complexity index is 1090. The number of rotatable bonds is 6. The number of carbonyl (C=O) groups is 2. The second-order valence-corrected chi connectivity index (χ2v) is 6.27. The van der Waals surface area contributed by atoms with E-state index in [1.165, 1.54) is 31.0 Å². The first-order chi connectivity index (χ1) is 14.3. The first kappa shape index (κ1) is 21.0. The van der Waals surface area contributed by atoms with Crippen molar-refractivity contribution in [1.29, 1.82) is 0 Å². The molecule has 0 bridgehead atoms. The van der Waals surface area contributed by atoms with Crippen LogP contribution in [0.25, 0.3) is 11.4 Å². The number of pyridine rings is 2. The normalized spacial score (nSPS) is 11.8. The van der Waals surface area contributed by atoms with Crippen molar-refractivity contribution in [2.75, 3.05) is 7.11 Å². The van der Waals surface area contributed by atoms with Crippen molar-refractivity contribution in [3.8, 4) is 11.4 Å². The van der Waals surface area contributed by atoms with Crippen LogP contribution in [0.2, 0.25) is 0 Å². The van der Waals surface area contributed by atoms with Crippen LogP contribution in [-0.4, -0.2) is 44.0 Å². The van der Waals surface area contributed by atoms with Gasteiger partial charge in [0.15, 0.2) is 0 Å². The summed E-state index contributed by atoms with van der Waals surface area (Å²) in [6, 6.07) is 3.97. The quantitative estimate of drug-likeness (QED) is 0.444. The van der Waals surface area contributed by atoms with Crippen LogP contribution in [0.15, 0.2) is 30.6 Å². The molecule has 0 unspecified atom stereocenters. The number of halogens is 2. The average molecular weight is 417 g/mol. The largest absolute Gasteiger partial charge is 0.465 e. The van der Waals surface area contributed by atoms with E-state index in [1.807, 2.05) is 0 Å². The molecule has 0 amide bonds. The van der Waals surface area contributed by atoms with E-state index in [0.717, 1.165) is 12.3 Å². The Kier molecular flexibility index (Phi) is 6.09. The monoisotopic (exact) mass is 417 g/mol. The van der Waals surface area contributed by atoms with Crippen LogP contribution in [0.4, 0.5) is 8.78 Å². The van der Waals surface area contributed by atoms with Gasteiger partial charge in [-0.25, -0.2) is 14.2 Å². The fraction of sp³-hybridized carbons (Fsp3) is 0.263. The van der Waals surface area contributed by atoms with Gasteiger partial charge in [0, 0.05) is 13.2 Å². The number of aryl methyl sites for hydroxylation is 1. The average Bonchev–Trinajstić information content (AvgIpc) is 3.09. The van der Waals surface area contributed by atoms with E-state index in [-0.39, 0.29) is 17.5 Å². The Hall–Kier alpha value is -3.76. The zero-order chi connectivity index (χ0) is 21.8. The van der Waals surface area contributed by atoms with E-state index in [4.69, 9.17) is 4.74 Å². The SMILES string of the molecule is COC(=O)c1ccc(-c2nnn(C)c2CC(=O)O[C@H](C)c2cc(F)cnc2F)nc1. The van der Waals surface area contributed by atoms with E-state index in [1.54, 1.807) is 13.1 Å². The molecule has 11 heteroatoms. The van der Waals surface area contributed by atoms with Crippen molar-refractivity contribution >= 4 is 11.9 Å². The van der Waals surface area contributed by atoms with Crippen LogP contribution < -0.4 is 0 Å². The number of hydrogen-bond donors (Lipinski definition) is 0. The van der Waals surface area contributed by atoms with Crippen LogP contribution in [-0.2, 0) is 27.7 Å². The highest BCUT2D eigenvalue weighted by Gasteiger charge is 2.22. The fourth-order valence-corrected chi connectivity index (χ4v) is 2.71. The van der Waals surface area contributed by atoms with Gasteiger partial charge in [-0.2, -0.15) is 4.39 Å². The highest BCUT2D eigenvalue weighted by molar-refractivity contribution is 5.89. The van der Waals surface area contributed by atoms with Gasteiger partial charge in [-0.1, -0.05) is 5.21 Å². The number of hydrogen-bond acceptors (Lipinski definition) is 8. The van der Waals surface area contributed by atoms with E-state index in [2.05, 4.69) is 25.0 Å². The van der Waals surface area contributed by atoms with Crippen molar-refractivity contribution in [2.45, 2.75) is 19.4 Å². The lowest BCUT2D eigenvalue weighted by Gasteiger charge is -2.14. The Labute approximate surface area is 169 Å². The van der Waals surface area contributed by atoms with Crippen molar-refractivity contribution in [2.24, 2.45) is 7.05 Å². The van der Waals surface area contributed by atoms with Crippen LogP contribution >= 0.6 is 0 Å². The van der Waals surface area contributed by atoms with Crippen LogP contribution in [0.1, 0.15) is 34.6 Å². The predicted molar refractivity (Wildman–Crippen MR) is 97.9 cm³/mol. The maximum atomic E-state index is 13.8. The molecule has 3 rings (SSSR count). The number of esters is 2. The molecule has 0 saturated heterocycles. The van der Waals surface area contributed by atoms with Gasteiger partial charge in [-0.05, 0) is 25.1 Å². The van der Waals surface area contributed by atoms with Gasteiger partial charge in [0.25, 0.3) is 0 Å². The predicted octanol–water partition coefficient (Wildman–Crippen LogP) is 2.18. The van der Waals surface area contributed by atoms with Gasteiger partial charge >= 0.3 is 11.9 Å². The zero-order valence-electron chi connectivity index (χ0n) is 16.3. The Morgan fingerprint density at radius 2 is 1.97 bits per heavy atom. The first-order valence-corrected chi connectivity index (χ1v) is 8.73. The highest BCUT2D eigenvalue weighted by atomic mass is 19.1. The molecule has 0 aliphatic carbocycles. The third-order valence-electron chi connectivity index (χ3n) is 4.26. The summed E-state index contributed by atoms with van der Waals surface area (Å²) in [6.07, 6.45) is 0.760. The Balaban J connectivity index is 1.77. The summed E-state index contributed by atoms with van der Waals surface area (Å²) >= 11 is 0. The molecule has 156 valence electrons. The standard InChI is InChI=1S/C19H17F2N5O4/c1-10(13-6-12(20)9-23-18(13)21)30-16(27)7-15-17(24-25-26(15)2)14-5-4-11(8-22-14)19(28)29-3/h4-6,8-10H,7H2,1-3H3/t10-/m1/s1.